The molecule has 0 bridgehead atoms. The molecule has 7 N–H and O–H groups in total. The molecule has 2 aromatic heterocycles. The largest absolute Gasteiger partial charge is 0.480 e. The Labute approximate surface area is 255 Å². The quantitative estimate of drug-likeness (QED) is 0.159. The third-order valence-electron chi connectivity index (χ3n) is 7.04. The Hall–Kier alpha value is -5.33. The van der Waals surface area contributed by atoms with Crippen LogP contribution >= 0.6 is 0 Å². The summed E-state index contributed by atoms with van der Waals surface area (Å²) >= 11 is 0. The van der Waals surface area contributed by atoms with Crippen LogP contribution in [0.15, 0.2) is 54.7 Å². The molecular weight excluding hydrogens is 562 g/mol. The zero-order valence-electron chi connectivity index (χ0n) is 25.2. The van der Waals surface area contributed by atoms with Crippen LogP contribution in [0.5, 0.6) is 0 Å². The summed E-state index contributed by atoms with van der Waals surface area (Å²) in [5, 5.41) is 15.0. The van der Waals surface area contributed by atoms with Gasteiger partial charge in [-0.1, -0.05) is 32.9 Å². The Morgan fingerprint density at radius 2 is 1.57 bits per heavy atom. The van der Waals surface area contributed by atoms with Crippen molar-refractivity contribution >= 4 is 46.4 Å². The summed E-state index contributed by atoms with van der Waals surface area (Å²) in [6.07, 6.45) is 2.10. The fourth-order valence-corrected chi connectivity index (χ4v) is 4.49. The van der Waals surface area contributed by atoms with Gasteiger partial charge in [-0.2, -0.15) is 9.97 Å². The van der Waals surface area contributed by atoms with Gasteiger partial charge >= 0.3 is 5.97 Å². The van der Waals surface area contributed by atoms with Crippen LogP contribution < -0.4 is 27.0 Å². The van der Waals surface area contributed by atoms with Crippen molar-refractivity contribution < 1.29 is 19.5 Å². The van der Waals surface area contributed by atoms with Gasteiger partial charge in [-0.3, -0.25) is 9.59 Å². The minimum Gasteiger partial charge on any atom is -0.480 e. The van der Waals surface area contributed by atoms with E-state index in [1.54, 1.807) is 42.6 Å². The van der Waals surface area contributed by atoms with Crippen LogP contribution in [0.25, 0.3) is 11.2 Å². The molecule has 2 aromatic carbocycles. The molecule has 0 unspecified atom stereocenters. The zero-order chi connectivity index (χ0) is 32.0. The highest BCUT2D eigenvalue weighted by Gasteiger charge is 2.21. The van der Waals surface area contributed by atoms with Gasteiger partial charge in [0.1, 0.15) is 6.04 Å². The maximum Gasteiger partial charge on any atom is 0.326 e. The number of amides is 2. The molecule has 13 heteroatoms. The van der Waals surface area contributed by atoms with E-state index in [9.17, 15) is 19.5 Å². The first kappa shape index (κ1) is 31.6. The molecule has 4 aromatic rings. The topological polar surface area (TPSA) is 202 Å². The van der Waals surface area contributed by atoms with E-state index in [2.05, 4.69) is 51.3 Å². The number of benzene rings is 2. The van der Waals surface area contributed by atoms with Gasteiger partial charge in [-0.25, -0.2) is 14.8 Å². The van der Waals surface area contributed by atoms with E-state index in [4.69, 9.17) is 11.5 Å². The second kappa shape index (κ2) is 13.3. The van der Waals surface area contributed by atoms with Crippen molar-refractivity contribution in [2.24, 2.45) is 0 Å². The molecule has 44 heavy (non-hydrogen) atoms. The molecule has 0 saturated carbocycles. The van der Waals surface area contributed by atoms with Gasteiger partial charge < -0.3 is 32.1 Å². The number of nitrogens with two attached hydrogens (primary N) is 2. The molecule has 0 aliphatic heterocycles. The van der Waals surface area contributed by atoms with Crippen LogP contribution in [0.3, 0.4) is 0 Å². The number of aliphatic carboxylic acids is 1. The lowest BCUT2D eigenvalue weighted by Crippen LogP contribution is -2.41. The molecule has 0 radical (unpaired) electrons. The monoisotopic (exact) mass is 599 g/mol. The van der Waals surface area contributed by atoms with Crippen molar-refractivity contribution in [2.45, 2.75) is 51.6 Å². The fraction of sp³-hybridized carbons (Fsp3) is 0.323. The van der Waals surface area contributed by atoms with Gasteiger partial charge in [0.25, 0.3) is 11.8 Å². The number of carboxylic acids is 1. The predicted molar refractivity (Wildman–Crippen MR) is 168 cm³/mol. The average Bonchev–Trinajstić information content (AvgIpc) is 2.98. The highest BCUT2D eigenvalue weighted by molar-refractivity contribution is 5.97. The lowest BCUT2D eigenvalue weighted by Gasteiger charge is -2.20. The molecule has 230 valence electrons. The lowest BCUT2D eigenvalue weighted by molar-refractivity contribution is -0.139. The van der Waals surface area contributed by atoms with Crippen molar-refractivity contribution in [1.82, 2.24) is 30.6 Å². The molecule has 2 heterocycles. The molecule has 0 aliphatic carbocycles. The number of nitrogens with one attached hydrogen (secondary N) is 2. The van der Waals surface area contributed by atoms with Crippen molar-refractivity contribution in [3.8, 4) is 0 Å². The number of nitrogen functional groups attached to an aromatic ring is 2. The smallest absolute Gasteiger partial charge is 0.326 e. The second-order valence-electron chi connectivity index (χ2n) is 11.5. The molecule has 4 rings (SSSR count). The molecule has 2 amide bonds. The molecule has 0 spiro atoms. The molecular formula is C31H37N9O4. The number of carboxylic acid groups (broad SMARTS) is 1. The molecule has 0 aliphatic rings. The van der Waals surface area contributed by atoms with Gasteiger partial charge in [-0.15, -0.1) is 0 Å². The number of aromatic nitrogens is 4. The highest BCUT2D eigenvalue weighted by Crippen LogP contribution is 2.22. The number of anilines is 3. The van der Waals surface area contributed by atoms with Crippen molar-refractivity contribution in [3.63, 3.8) is 0 Å². The van der Waals surface area contributed by atoms with E-state index in [-0.39, 0.29) is 36.1 Å². The summed E-state index contributed by atoms with van der Waals surface area (Å²) in [6, 6.07) is 13.0. The summed E-state index contributed by atoms with van der Waals surface area (Å²) < 4.78 is 0. The first-order chi connectivity index (χ1) is 20.8. The zero-order valence-corrected chi connectivity index (χ0v) is 25.2. The van der Waals surface area contributed by atoms with Crippen LogP contribution in [0.2, 0.25) is 0 Å². The second-order valence-corrected chi connectivity index (χ2v) is 11.5. The normalized spacial score (nSPS) is 12.0. The van der Waals surface area contributed by atoms with Gasteiger partial charge in [0.05, 0.1) is 18.4 Å². The Kier molecular flexibility index (Phi) is 9.57. The van der Waals surface area contributed by atoms with Gasteiger partial charge in [0.2, 0.25) is 5.95 Å². The number of carbonyl (C=O) groups excluding carboxylic acids is 2. The molecule has 13 nitrogen and oxygen atoms in total. The maximum absolute atomic E-state index is 12.8. The minimum absolute atomic E-state index is 0.0134. The van der Waals surface area contributed by atoms with E-state index in [0.29, 0.717) is 41.0 Å². The van der Waals surface area contributed by atoms with Crippen molar-refractivity contribution in [2.75, 3.05) is 30.0 Å². The van der Waals surface area contributed by atoms with Crippen LogP contribution in [0.1, 0.15) is 65.6 Å². The summed E-state index contributed by atoms with van der Waals surface area (Å²) in [4.78, 5) is 55.7. The van der Waals surface area contributed by atoms with Gasteiger partial charge in [0, 0.05) is 30.4 Å². The number of fused-ring (bicyclic) bond motifs is 1. The average molecular weight is 600 g/mol. The summed E-state index contributed by atoms with van der Waals surface area (Å²) in [5.41, 5.74) is 15.6. The Morgan fingerprint density at radius 1 is 0.932 bits per heavy atom. The van der Waals surface area contributed by atoms with Crippen LogP contribution in [0, 0.1) is 0 Å². The molecule has 1 atom stereocenters. The maximum atomic E-state index is 12.8. The van der Waals surface area contributed by atoms with E-state index in [1.807, 2.05) is 24.1 Å². The van der Waals surface area contributed by atoms with Crippen LogP contribution in [-0.2, 0) is 16.8 Å². The van der Waals surface area contributed by atoms with E-state index in [0.717, 1.165) is 11.3 Å². The first-order valence-electron chi connectivity index (χ1n) is 14.1. The highest BCUT2D eigenvalue weighted by atomic mass is 16.4. The Morgan fingerprint density at radius 3 is 2.20 bits per heavy atom. The summed E-state index contributed by atoms with van der Waals surface area (Å²) in [7, 11) is 1.85. The predicted octanol–water partition coefficient (Wildman–Crippen LogP) is 2.91. The standard InChI is InChI=1S/C31H37N9O4/c1-31(2,3)20-11-7-18(8-12-20)27(41)34-15-5-6-23(29(43)44)37-28(42)19-9-13-22(14-10-19)40(4)17-21-16-35-26-24(36-21)25(32)38-30(33)39-26/h7-14,16,23H,5-6,15,17H2,1-4H3,(H,34,41)(H,37,42)(H,43,44)(H4,32,33,35,38,39)/t23-/m0/s1. The number of nitrogens with zero attached hydrogens (tertiary/aromatic N) is 5. The minimum atomic E-state index is -1.15. The SMILES string of the molecule is CN(Cc1cnc2nc(N)nc(N)c2n1)c1ccc(C(=O)N[C@@H](CCCNC(=O)c2ccc(C(C)(C)C)cc2)C(=O)O)cc1. The number of carbonyl (C=O) groups is 3. The van der Waals surface area contributed by atoms with Crippen LogP contribution in [0.4, 0.5) is 17.5 Å². The van der Waals surface area contributed by atoms with E-state index >= 15 is 0 Å². The van der Waals surface area contributed by atoms with Crippen molar-refractivity contribution in [3.05, 3.63) is 77.1 Å². The molecule has 0 fully saturated rings. The Balaban J connectivity index is 1.28. The van der Waals surface area contributed by atoms with Crippen molar-refractivity contribution in [1.29, 1.82) is 0 Å². The van der Waals surface area contributed by atoms with Gasteiger partial charge in [-0.05, 0) is 60.2 Å². The third kappa shape index (κ3) is 7.94. The van der Waals surface area contributed by atoms with E-state index < -0.39 is 17.9 Å². The summed E-state index contributed by atoms with van der Waals surface area (Å²) in [6.45, 7) is 6.96. The van der Waals surface area contributed by atoms with Crippen LogP contribution in [-0.4, -0.2) is 62.5 Å². The third-order valence-corrected chi connectivity index (χ3v) is 7.04. The number of hydrogen-bond acceptors (Lipinski definition) is 10. The van der Waals surface area contributed by atoms with E-state index in [1.165, 1.54) is 0 Å². The first-order valence-corrected chi connectivity index (χ1v) is 14.1. The lowest BCUT2D eigenvalue weighted by atomic mass is 9.87. The molecule has 0 saturated heterocycles. The fourth-order valence-electron chi connectivity index (χ4n) is 4.49. The summed E-state index contributed by atoms with van der Waals surface area (Å²) in [5.74, 6) is -1.72. The van der Waals surface area contributed by atoms with Gasteiger partial charge in [0.15, 0.2) is 17.0 Å². The number of hydrogen-bond donors (Lipinski definition) is 5. The number of rotatable bonds is 11. The Bertz CT molecular complexity index is 1650.